The van der Waals surface area contributed by atoms with Crippen LogP contribution in [0.2, 0.25) is 0 Å². The first-order valence-electron chi connectivity index (χ1n) is 8.54. The fraction of sp³-hybridized carbons (Fsp3) is 0.667. The standard InChI is InChI=1S/C18H26N2O4/c1-12(2)8-19-7-5-6-13(16(19)21)17(22)20-11-18(3,4)24-15-10-23-9-14(15)20/h5-7,12,14-15H,8-11H2,1-4H3/t14-,15-/m1/s1. The minimum Gasteiger partial charge on any atom is -0.376 e. The van der Waals surface area contributed by atoms with Gasteiger partial charge >= 0.3 is 0 Å². The van der Waals surface area contributed by atoms with Gasteiger partial charge in [0.2, 0.25) is 0 Å². The van der Waals surface area contributed by atoms with Crippen molar-refractivity contribution in [3.8, 4) is 0 Å². The Balaban J connectivity index is 1.92. The van der Waals surface area contributed by atoms with E-state index in [0.29, 0.717) is 32.2 Å². The summed E-state index contributed by atoms with van der Waals surface area (Å²) in [6.45, 7) is 10.0. The number of aromatic nitrogens is 1. The van der Waals surface area contributed by atoms with Crippen LogP contribution >= 0.6 is 0 Å². The Labute approximate surface area is 142 Å². The van der Waals surface area contributed by atoms with E-state index < -0.39 is 5.60 Å². The Morgan fingerprint density at radius 3 is 2.83 bits per heavy atom. The molecule has 2 fully saturated rings. The predicted octanol–water partition coefficient (Wildman–Crippen LogP) is 1.52. The second kappa shape index (κ2) is 6.33. The molecule has 24 heavy (non-hydrogen) atoms. The average molecular weight is 334 g/mol. The summed E-state index contributed by atoms with van der Waals surface area (Å²) in [5.74, 6) is 0.109. The minimum absolute atomic E-state index is 0.122. The van der Waals surface area contributed by atoms with E-state index in [0.717, 1.165) is 0 Å². The number of ether oxygens (including phenoxy) is 2. The number of carbonyl (C=O) groups excluding carboxylic acids is 1. The minimum atomic E-state index is -0.448. The van der Waals surface area contributed by atoms with E-state index in [1.807, 2.05) is 27.7 Å². The third-order valence-corrected chi connectivity index (χ3v) is 4.50. The maximum Gasteiger partial charge on any atom is 0.263 e. The van der Waals surface area contributed by atoms with Gasteiger partial charge in [0.05, 0.1) is 24.9 Å². The molecule has 6 nitrogen and oxygen atoms in total. The summed E-state index contributed by atoms with van der Waals surface area (Å²) in [5, 5.41) is 0. The number of morpholine rings is 1. The van der Waals surface area contributed by atoms with Crippen LogP contribution in [0.3, 0.4) is 0 Å². The van der Waals surface area contributed by atoms with E-state index in [9.17, 15) is 9.59 Å². The lowest BCUT2D eigenvalue weighted by atomic mass is 10.00. The predicted molar refractivity (Wildman–Crippen MR) is 90.1 cm³/mol. The number of carbonyl (C=O) groups is 1. The number of rotatable bonds is 3. The molecule has 0 bridgehead atoms. The number of hydrogen-bond acceptors (Lipinski definition) is 4. The molecule has 132 valence electrons. The molecule has 0 unspecified atom stereocenters. The molecule has 2 saturated heterocycles. The Hall–Kier alpha value is -1.66. The lowest BCUT2D eigenvalue weighted by Gasteiger charge is -2.45. The van der Waals surface area contributed by atoms with Gasteiger partial charge in [-0.3, -0.25) is 9.59 Å². The lowest BCUT2D eigenvalue weighted by molar-refractivity contribution is -0.137. The summed E-state index contributed by atoms with van der Waals surface area (Å²) >= 11 is 0. The first-order chi connectivity index (χ1) is 11.3. The Bertz CT molecular complexity index is 680. The molecule has 1 amide bonds. The molecule has 6 heteroatoms. The highest BCUT2D eigenvalue weighted by Crippen LogP contribution is 2.30. The second-order valence-corrected chi connectivity index (χ2v) is 7.73. The van der Waals surface area contributed by atoms with E-state index >= 15 is 0 Å². The van der Waals surface area contributed by atoms with E-state index in [1.54, 1.807) is 27.8 Å². The summed E-state index contributed by atoms with van der Waals surface area (Å²) in [7, 11) is 0. The molecule has 3 heterocycles. The van der Waals surface area contributed by atoms with Gasteiger partial charge < -0.3 is 18.9 Å². The fourth-order valence-electron chi connectivity index (χ4n) is 3.52. The van der Waals surface area contributed by atoms with Gasteiger partial charge in [-0.25, -0.2) is 0 Å². The van der Waals surface area contributed by atoms with E-state index in [1.165, 1.54) is 0 Å². The third-order valence-electron chi connectivity index (χ3n) is 4.50. The zero-order valence-corrected chi connectivity index (χ0v) is 14.8. The van der Waals surface area contributed by atoms with Gasteiger partial charge in [0.15, 0.2) is 0 Å². The number of fused-ring (bicyclic) bond motifs is 1. The van der Waals surface area contributed by atoms with E-state index in [4.69, 9.17) is 9.47 Å². The highest BCUT2D eigenvalue weighted by molar-refractivity contribution is 5.94. The molecular formula is C18H26N2O4. The van der Waals surface area contributed by atoms with Crippen molar-refractivity contribution in [2.75, 3.05) is 19.8 Å². The smallest absolute Gasteiger partial charge is 0.263 e. The molecule has 2 atom stereocenters. The lowest BCUT2D eigenvalue weighted by Crippen LogP contribution is -2.60. The molecule has 0 aromatic carbocycles. The molecule has 1 aromatic heterocycles. The SMILES string of the molecule is CC(C)Cn1cccc(C(=O)N2CC(C)(C)O[C@@H]3COC[C@H]32)c1=O. The number of hydrogen-bond donors (Lipinski definition) is 0. The zero-order valence-electron chi connectivity index (χ0n) is 14.8. The molecule has 0 saturated carbocycles. The Morgan fingerprint density at radius 2 is 2.12 bits per heavy atom. The maximum atomic E-state index is 13.1. The molecular weight excluding hydrogens is 308 g/mol. The third kappa shape index (κ3) is 3.26. The van der Waals surface area contributed by atoms with Gasteiger partial charge in [-0.1, -0.05) is 13.8 Å². The van der Waals surface area contributed by atoms with Crippen LogP contribution in [-0.2, 0) is 16.0 Å². The van der Waals surface area contributed by atoms with Gasteiger partial charge in [0.1, 0.15) is 11.7 Å². The quantitative estimate of drug-likeness (QED) is 0.841. The van der Waals surface area contributed by atoms with Gasteiger partial charge in [-0.2, -0.15) is 0 Å². The number of pyridine rings is 1. The van der Waals surface area contributed by atoms with E-state index in [2.05, 4.69) is 0 Å². The van der Waals surface area contributed by atoms with Crippen molar-refractivity contribution < 1.29 is 14.3 Å². The van der Waals surface area contributed by atoms with Crippen LogP contribution in [0, 0.1) is 5.92 Å². The Kier molecular flexibility index (Phi) is 4.53. The maximum absolute atomic E-state index is 13.1. The molecule has 0 N–H and O–H groups in total. The van der Waals surface area contributed by atoms with Crippen molar-refractivity contribution in [3.05, 3.63) is 34.2 Å². The molecule has 2 aliphatic rings. The average Bonchev–Trinajstić information content (AvgIpc) is 2.94. The molecule has 2 aliphatic heterocycles. The van der Waals surface area contributed by atoms with Crippen molar-refractivity contribution in [1.82, 2.24) is 9.47 Å². The summed E-state index contributed by atoms with van der Waals surface area (Å²) in [4.78, 5) is 27.5. The van der Waals surface area contributed by atoms with Gasteiger partial charge in [0.25, 0.3) is 11.5 Å². The number of nitrogens with zero attached hydrogens (tertiary/aromatic N) is 2. The summed E-state index contributed by atoms with van der Waals surface area (Å²) in [6.07, 6.45) is 1.61. The van der Waals surface area contributed by atoms with Crippen LogP contribution in [0.4, 0.5) is 0 Å². The van der Waals surface area contributed by atoms with Crippen molar-refractivity contribution >= 4 is 5.91 Å². The van der Waals surface area contributed by atoms with Gasteiger partial charge in [-0.15, -0.1) is 0 Å². The molecule has 0 radical (unpaired) electrons. The topological polar surface area (TPSA) is 60.8 Å². The van der Waals surface area contributed by atoms with Crippen LogP contribution < -0.4 is 5.56 Å². The first kappa shape index (κ1) is 17.2. The second-order valence-electron chi connectivity index (χ2n) is 7.73. The fourth-order valence-corrected chi connectivity index (χ4v) is 3.52. The van der Waals surface area contributed by atoms with Crippen LogP contribution in [-0.4, -0.2) is 52.9 Å². The highest BCUT2D eigenvalue weighted by atomic mass is 16.6. The van der Waals surface area contributed by atoms with Crippen molar-refractivity contribution in [2.24, 2.45) is 5.92 Å². The van der Waals surface area contributed by atoms with Crippen molar-refractivity contribution in [2.45, 2.75) is 52.0 Å². The molecule has 0 aliphatic carbocycles. The van der Waals surface area contributed by atoms with Crippen LogP contribution in [0.25, 0.3) is 0 Å². The first-order valence-corrected chi connectivity index (χ1v) is 8.54. The van der Waals surface area contributed by atoms with E-state index in [-0.39, 0.29) is 29.2 Å². The van der Waals surface area contributed by atoms with Gasteiger partial charge in [0, 0.05) is 19.3 Å². The summed E-state index contributed by atoms with van der Waals surface area (Å²) in [6, 6.07) is 3.27. The summed E-state index contributed by atoms with van der Waals surface area (Å²) in [5.41, 5.74) is -0.451. The van der Waals surface area contributed by atoms with Crippen LogP contribution in [0.5, 0.6) is 0 Å². The molecule has 3 rings (SSSR count). The van der Waals surface area contributed by atoms with Crippen LogP contribution in [0.1, 0.15) is 38.1 Å². The van der Waals surface area contributed by atoms with Crippen LogP contribution in [0.15, 0.2) is 23.1 Å². The van der Waals surface area contributed by atoms with Crippen molar-refractivity contribution in [1.29, 1.82) is 0 Å². The molecule has 0 spiro atoms. The zero-order chi connectivity index (χ0) is 17.5. The normalized spacial score (nSPS) is 25.8. The highest BCUT2D eigenvalue weighted by Gasteiger charge is 2.46. The summed E-state index contributed by atoms with van der Waals surface area (Å²) < 4.78 is 13.1. The molecule has 1 aromatic rings. The van der Waals surface area contributed by atoms with Gasteiger partial charge in [-0.05, 0) is 31.9 Å². The number of amides is 1. The van der Waals surface area contributed by atoms with Crippen molar-refractivity contribution in [3.63, 3.8) is 0 Å². The largest absolute Gasteiger partial charge is 0.376 e. The monoisotopic (exact) mass is 334 g/mol. The Morgan fingerprint density at radius 1 is 1.38 bits per heavy atom.